The Morgan fingerprint density at radius 2 is 2.14 bits per heavy atom. The Bertz CT molecular complexity index is 1130. The summed E-state index contributed by atoms with van der Waals surface area (Å²) in [5.41, 5.74) is 0.841. The minimum atomic E-state index is -4.54. The van der Waals surface area contributed by atoms with Crippen molar-refractivity contribution in [3.05, 3.63) is 77.4 Å². The van der Waals surface area contributed by atoms with Crippen molar-refractivity contribution >= 4 is 30.1 Å². The lowest BCUT2D eigenvalue weighted by Gasteiger charge is -2.19. The first-order valence-electron chi connectivity index (χ1n) is 11.5. The van der Waals surface area contributed by atoms with Crippen molar-refractivity contribution in [3.63, 3.8) is 0 Å². The molecule has 1 heterocycles. The number of halogens is 3. The molecule has 1 aliphatic carbocycles. The summed E-state index contributed by atoms with van der Waals surface area (Å²) >= 11 is 0. The van der Waals surface area contributed by atoms with Gasteiger partial charge in [0.15, 0.2) is 0 Å². The highest BCUT2D eigenvalue weighted by Gasteiger charge is 2.31. The molecule has 190 valence electrons. The highest BCUT2D eigenvalue weighted by Crippen LogP contribution is 2.34. The van der Waals surface area contributed by atoms with Gasteiger partial charge in [-0.3, -0.25) is 4.99 Å². The smallest absolute Gasteiger partial charge is 0.350 e. The molecule has 1 unspecified atom stereocenters. The fourth-order valence-corrected chi connectivity index (χ4v) is 3.58. The fraction of sp³-hybridized carbons (Fsp3) is 0.308. The number of allylic oxidation sites excluding steroid dienone is 6. The van der Waals surface area contributed by atoms with Crippen LogP contribution >= 0.6 is 0 Å². The van der Waals surface area contributed by atoms with Crippen LogP contribution in [0.3, 0.4) is 0 Å². The van der Waals surface area contributed by atoms with Gasteiger partial charge in [-0.2, -0.15) is 13.2 Å². The molecule has 0 spiro atoms. The van der Waals surface area contributed by atoms with E-state index in [1.807, 2.05) is 18.2 Å². The lowest BCUT2D eigenvalue weighted by atomic mass is 9.96. The number of hydrogen-bond donors (Lipinski definition) is 4. The Labute approximate surface area is 208 Å². The quantitative estimate of drug-likeness (QED) is 0.369. The van der Waals surface area contributed by atoms with Crippen LogP contribution in [0.5, 0.6) is 0 Å². The molecule has 10 heteroatoms. The molecular weight excluding hydrogens is 469 g/mol. The zero-order valence-electron chi connectivity index (χ0n) is 19.8. The molecule has 36 heavy (non-hydrogen) atoms. The van der Waals surface area contributed by atoms with Crippen molar-refractivity contribution in [3.8, 4) is 0 Å². The maximum Gasteiger partial charge on any atom is 0.416 e. The van der Waals surface area contributed by atoms with Crippen molar-refractivity contribution in [2.75, 3.05) is 25.0 Å². The van der Waals surface area contributed by atoms with E-state index in [1.54, 1.807) is 19.2 Å². The number of alkyl halides is 3. The first kappa shape index (κ1) is 26.7. The van der Waals surface area contributed by atoms with Gasteiger partial charge < -0.3 is 21.4 Å². The summed E-state index contributed by atoms with van der Waals surface area (Å²) in [6.45, 7) is 3.02. The first-order chi connectivity index (χ1) is 17.3. The molecule has 4 N–H and O–H groups in total. The molecule has 1 aromatic rings. The number of anilines is 1. The maximum atomic E-state index is 13.2. The molecule has 1 aliphatic heterocycles. The minimum absolute atomic E-state index is 0.0586. The van der Waals surface area contributed by atoms with E-state index >= 15 is 0 Å². The largest absolute Gasteiger partial charge is 0.416 e. The van der Waals surface area contributed by atoms with Gasteiger partial charge in [0.2, 0.25) is 5.96 Å². The molecule has 0 saturated carbocycles. The number of urea groups is 1. The van der Waals surface area contributed by atoms with Crippen LogP contribution in [0.1, 0.15) is 30.4 Å². The van der Waals surface area contributed by atoms with Crippen LogP contribution in [-0.2, 0) is 6.18 Å². The second-order valence-electron chi connectivity index (χ2n) is 8.33. The van der Waals surface area contributed by atoms with Crippen LogP contribution in [0.25, 0.3) is 0 Å². The number of nitrogens with zero attached hydrogens (tertiary/aromatic N) is 2. The van der Waals surface area contributed by atoms with E-state index in [0.29, 0.717) is 24.6 Å². The Morgan fingerprint density at radius 1 is 1.31 bits per heavy atom. The van der Waals surface area contributed by atoms with E-state index in [0.717, 1.165) is 30.3 Å². The number of amides is 2. The highest BCUT2D eigenvalue weighted by atomic mass is 19.4. The van der Waals surface area contributed by atoms with Crippen LogP contribution in [0.2, 0.25) is 0 Å². The van der Waals surface area contributed by atoms with Gasteiger partial charge in [0, 0.05) is 43.0 Å². The van der Waals surface area contributed by atoms with E-state index in [4.69, 9.17) is 5.41 Å². The summed E-state index contributed by atoms with van der Waals surface area (Å²) in [5, 5.41) is 15.5. The van der Waals surface area contributed by atoms with Crippen molar-refractivity contribution in [2.24, 2.45) is 15.9 Å². The Morgan fingerprint density at radius 3 is 2.86 bits per heavy atom. The van der Waals surface area contributed by atoms with Gasteiger partial charge in [-0.15, -0.1) is 0 Å². The number of benzene rings is 1. The average Bonchev–Trinajstić information content (AvgIpc) is 3.14. The van der Waals surface area contributed by atoms with Crippen molar-refractivity contribution in [2.45, 2.75) is 25.4 Å². The summed E-state index contributed by atoms with van der Waals surface area (Å²) in [4.78, 5) is 21.2. The van der Waals surface area contributed by atoms with E-state index in [-0.39, 0.29) is 24.1 Å². The molecule has 0 bridgehead atoms. The van der Waals surface area contributed by atoms with Crippen molar-refractivity contribution in [1.82, 2.24) is 10.6 Å². The normalized spacial score (nSPS) is 18.3. The fourth-order valence-electron chi connectivity index (χ4n) is 3.58. The van der Waals surface area contributed by atoms with E-state index in [2.05, 4.69) is 38.1 Å². The number of carbonyl (C=O) groups is 1. The second-order valence-corrected chi connectivity index (χ2v) is 8.33. The van der Waals surface area contributed by atoms with Gasteiger partial charge in [-0.1, -0.05) is 49.4 Å². The van der Waals surface area contributed by atoms with Gasteiger partial charge in [-0.05, 0) is 35.8 Å². The Kier molecular flexibility index (Phi) is 9.38. The molecule has 0 radical (unpaired) electrons. The van der Waals surface area contributed by atoms with E-state index in [9.17, 15) is 18.0 Å². The summed E-state index contributed by atoms with van der Waals surface area (Å²) in [5.74, 6) is 0.0659. The molecule has 3 rings (SSSR count). The van der Waals surface area contributed by atoms with Gasteiger partial charge in [0.25, 0.3) is 0 Å². The van der Waals surface area contributed by atoms with Crippen LogP contribution in [0, 0.1) is 11.3 Å². The zero-order chi connectivity index (χ0) is 26.0. The summed E-state index contributed by atoms with van der Waals surface area (Å²) < 4.78 is 39.7. The molecular formula is C26H29F3N6O. The van der Waals surface area contributed by atoms with Gasteiger partial charge in [0.1, 0.15) is 0 Å². The molecule has 2 amide bonds. The third-order valence-corrected chi connectivity index (χ3v) is 5.55. The van der Waals surface area contributed by atoms with E-state index < -0.39 is 17.8 Å². The topological polar surface area (TPSA) is 102 Å². The summed E-state index contributed by atoms with van der Waals surface area (Å²) in [7, 11) is 0. The molecule has 0 aromatic heterocycles. The number of nitrogens with one attached hydrogen (secondary N) is 4. The molecule has 0 saturated heterocycles. The number of hydrogen-bond acceptors (Lipinski definition) is 5. The van der Waals surface area contributed by atoms with Crippen LogP contribution in [0.4, 0.5) is 23.7 Å². The zero-order valence-corrected chi connectivity index (χ0v) is 19.8. The van der Waals surface area contributed by atoms with Gasteiger partial charge in [-0.25, -0.2) is 9.79 Å². The number of aliphatic imine (C=N–C) groups is 2. The molecule has 1 aromatic carbocycles. The maximum absolute atomic E-state index is 13.2. The van der Waals surface area contributed by atoms with E-state index in [1.165, 1.54) is 12.1 Å². The van der Waals surface area contributed by atoms with Gasteiger partial charge in [0.05, 0.1) is 12.1 Å². The van der Waals surface area contributed by atoms with Crippen LogP contribution in [0.15, 0.2) is 76.3 Å². The third-order valence-electron chi connectivity index (χ3n) is 5.55. The minimum Gasteiger partial charge on any atom is -0.350 e. The van der Waals surface area contributed by atoms with Crippen molar-refractivity contribution in [1.29, 1.82) is 5.41 Å². The standard InChI is InChI=1S/C26H29F3N6O/c1-18(7-6-12-30)22-11-10-21(26(27,28)29)13-23(22)35-25(36)34-17-20-15-32-24(33-16-20)31-14-19-8-4-2-3-5-9-19/h2-4,6-13,15,18,20,30H,5,14,16-17H2,1H3,(H,31,33)(H2,34,35,36)/b7-6-,30-12?/t18-,20?/m1/s1. The van der Waals surface area contributed by atoms with Crippen molar-refractivity contribution < 1.29 is 18.0 Å². The SMILES string of the molecule is C[C@H](/C=C\C=N)c1ccc(C(F)(F)F)cc1NC(=O)NCC1C=NC(NCC2=CCC=CC=C2)=NC1. The van der Waals surface area contributed by atoms with Crippen LogP contribution < -0.4 is 16.0 Å². The third kappa shape index (κ3) is 8.07. The summed E-state index contributed by atoms with van der Waals surface area (Å²) in [6, 6.07) is 2.62. The predicted molar refractivity (Wildman–Crippen MR) is 138 cm³/mol. The first-order valence-corrected chi connectivity index (χ1v) is 11.5. The number of rotatable bonds is 8. The van der Waals surface area contributed by atoms with Crippen LogP contribution in [-0.4, -0.2) is 44.1 Å². The monoisotopic (exact) mass is 498 g/mol. The molecule has 2 atom stereocenters. The number of carbonyl (C=O) groups excluding carboxylic acids is 1. The average molecular weight is 499 g/mol. The molecule has 2 aliphatic rings. The Balaban J connectivity index is 1.54. The lowest BCUT2D eigenvalue weighted by molar-refractivity contribution is -0.137. The second kappa shape index (κ2) is 12.7. The highest BCUT2D eigenvalue weighted by molar-refractivity contribution is 5.92. The van der Waals surface area contributed by atoms with Gasteiger partial charge >= 0.3 is 12.2 Å². The lowest BCUT2D eigenvalue weighted by Crippen LogP contribution is -2.37. The molecule has 0 fully saturated rings. The predicted octanol–water partition coefficient (Wildman–Crippen LogP) is 5.22. The summed E-state index contributed by atoms with van der Waals surface area (Å²) in [6.07, 6.45) is 12.5. The molecule has 7 nitrogen and oxygen atoms in total. The number of guanidine groups is 1. The Hall–Kier alpha value is -3.95.